The number of hydrogen-bond donors (Lipinski definition) is 0. The second-order valence-corrected chi connectivity index (χ2v) is 2.72. The molecule has 0 radical (unpaired) electrons. The molecule has 0 saturated carbocycles. The fourth-order valence-electron chi connectivity index (χ4n) is 0.614. The van der Waals surface area contributed by atoms with E-state index in [2.05, 4.69) is 20.9 Å². The molecule has 11 heavy (non-hydrogen) atoms. The Labute approximate surface area is 72.5 Å². The first-order chi connectivity index (χ1) is 5.18. The molecule has 58 valence electrons. The first-order valence-electron chi connectivity index (χ1n) is 2.98. The van der Waals surface area contributed by atoms with Crippen LogP contribution in [0.25, 0.3) is 0 Å². The highest BCUT2D eigenvalue weighted by Crippen LogP contribution is 2.14. The first-order valence-corrected chi connectivity index (χ1v) is 3.78. The van der Waals surface area contributed by atoms with Crippen LogP contribution in [0.4, 0.5) is 0 Å². The summed E-state index contributed by atoms with van der Waals surface area (Å²) in [4.78, 5) is 14.3. The van der Waals surface area contributed by atoms with Crippen LogP contribution in [0.2, 0.25) is 0 Å². The highest BCUT2D eigenvalue weighted by Gasteiger charge is 1.97. The molecule has 1 aromatic rings. The van der Waals surface area contributed by atoms with Crippen molar-refractivity contribution in [1.29, 1.82) is 0 Å². The Kier molecular flexibility index (Phi) is 2.59. The smallest absolute Gasteiger partial charge is 0.308 e. The number of hydrogen-bond acceptors (Lipinski definition) is 3. The van der Waals surface area contributed by atoms with Gasteiger partial charge in [0.25, 0.3) is 0 Å². The molecule has 0 unspecified atom stereocenters. The van der Waals surface area contributed by atoms with Gasteiger partial charge in [0, 0.05) is 19.2 Å². The minimum absolute atomic E-state index is 0.330. The standard InChI is InChI=1S/C7H6BrNO2/c1-5(10)11-6-2-3-9-7(8)4-6/h2-4H,1H3. The van der Waals surface area contributed by atoms with Gasteiger partial charge in [0.1, 0.15) is 10.4 Å². The van der Waals surface area contributed by atoms with E-state index < -0.39 is 0 Å². The SMILES string of the molecule is CC(=O)Oc1ccnc(Br)c1. The van der Waals surface area contributed by atoms with Crippen LogP contribution in [0.5, 0.6) is 5.75 Å². The summed E-state index contributed by atoms with van der Waals surface area (Å²) >= 11 is 3.15. The summed E-state index contributed by atoms with van der Waals surface area (Å²) in [5, 5.41) is 0. The molecule has 4 heteroatoms. The Bertz CT molecular complexity index is 275. The lowest BCUT2D eigenvalue weighted by atomic mass is 10.4. The summed E-state index contributed by atoms with van der Waals surface area (Å²) in [6, 6.07) is 3.24. The van der Waals surface area contributed by atoms with Gasteiger partial charge in [-0.15, -0.1) is 0 Å². The normalized spacial score (nSPS) is 9.27. The van der Waals surface area contributed by atoms with Crippen molar-refractivity contribution >= 4 is 21.9 Å². The van der Waals surface area contributed by atoms with Gasteiger partial charge >= 0.3 is 5.97 Å². The zero-order valence-electron chi connectivity index (χ0n) is 5.87. The summed E-state index contributed by atoms with van der Waals surface area (Å²) in [7, 11) is 0. The molecular formula is C7H6BrNO2. The summed E-state index contributed by atoms with van der Waals surface area (Å²) in [5.74, 6) is 0.169. The van der Waals surface area contributed by atoms with Crippen molar-refractivity contribution in [3.05, 3.63) is 22.9 Å². The highest BCUT2D eigenvalue weighted by atomic mass is 79.9. The molecule has 0 aromatic carbocycles. The van der Waals surface area contributed by atoms with Crippen LogP contribution in [-0.2, 0) is 4.79 Å². The summed E-state index contributed by atoms with van der Waals surface area (Å²) in [6.45, 7) is 1.36. The highest BCUT2D eigenvalue weighted by molar-refractivity contribution is 9.10. The Morgan fingerprint density at radius 1 is 1.73 bits per heavy atom. The van der Waals surface area contributed by atoms with E-state index in [0.29, 0.717) is 10.4 Å². The van der Waals surface area contributed by atoms with Crippen molar-refractivity contribution in [2.24, 2.45) is 0 Å². The minimum Gasteiger partial charge on any atom is -0.427 e. The number of rotatable bonds is 1. The molecule has 0 spiro atoms. The second-order valence-electron chi connectivity index (χ2n) is 1.91. The van der Waals surface area contributed by atoms with E-state index in [9.17, 15) is 4.79 Å². The molecule has 0 amide bonds. The number of esters is 1. The van der Waals surface area contributed by atoms with Gasteiger partial charge in [-0.05, 0) is 22.0 Å². The molecule has 0 bridgehead atoms. The Hall–Kier alpha value is -0.900. The average Bonchev–Trinajstić information content (AvgIpc) is 1.85. The van der Waals surface area contributed by atoms with Crippen molar-refractivity contribution in [2.45, 2.75) is 6.92 Å². The topological polar surface area (TPSA) is 39.2 Å². The van der Waals surface area contributed by atoms with E-state index in [-0.39, 0.29) is 5.97 Å². The molecule has 0 aliphatic carbocycles. The lowest BCUT2D eigenvalue weighted by Gasteiger charge is -1.98. The number of aromatic nitrogens is 1. The number of ether oxygens (including phenoxy) is 1. The number of nitrogens with zero attached hydrogens (tertiary/aromatic N) is 1. The number of pyridine rings is 1. The largest absolute Gasteiger partial charge is 0.427 e. The molecule has 3 nitrogen and oxygen atoms in total. The van der Waals surface area contributed by atoms with E-state index in [0.717, 1.165) is 0 Å². The van der Waals surface area contributed by atoms with Crippen molar-refractivity contribution in [1.82, 2.24) is 4.98 Å². The van der Waals surface area contributed by atoms with Gasteiger partial charge in [-0.1, -0.05) is 0 Å². The monoisotopic (exact) mass is 215 g/mol. The van der Waals surface area contributed by atoms with Crippen LogP contribution in [0.1, 0.15) is 6.92 Å². The summed E-state index contributed by atoms with van der Waals surface area (Å²) < 4.78 is 5.44. The van der Waals surface area contributed by atoms with Gasteiger partial charge in [-0.25, -0.2) is 4.98 Å². The van der Waals surface area contributed by atoms with Gasteiger partial charge in [-0.2, -0.15) is 0 Å². The van der Waals surface area contributed by atoms with Crippen molar-refractivity contribution in [3.8, 4) is 5.75 Å². The molecule has 0 atom stereocenters. The summed E-state index contributed by atoms with van der Waals surface area (Å²) in [6.07, 6.45) is 1.56. The molecule has 1 rings (SSSR count). The van der Waals surface area contributed by atoms with Crippen LogP contribution in [0.15, 0.2) is 22.9 Å². The van der Waals surface area contributed by atoms with Crippen LogP contribution in [0.3, 0.4) is 0 Å². The van der Waals surface area contributed by atoms with Crippen LogP contribution >= 0.6 is 15.9 Å². The van der Waals surface area contributed by atoms with Crippen molar-refractivity contribution in [2.75, 3.05) is 0 Å². The van der Waals surface area contributed by atoms with Gasteiger partial charge in [0.05, 0.1) is 0 Å². The van der Waals surface area contributed by atoms with Gasteiger partial charge in [-0.3, -0.25) is 4.79 Å². The lowest BCUT2D eigenvalue weighted by molar-refractivity contribution is -0.131. The maximum absolute atomic E-state index is 10.5. The van der Waals surface area contributed by atoms with Crippen molar-refractivity contribution < 1.29 is 9.53 Å². The predicted octanol–water partition coefficient (Wildman–Crippen LogP) is 1.77. The summed E-state index contributed by atoms with van der Waals surface area (Å²) in [5.41, 5.74) is 0. The molecule has 0 saturated heterocycles. The zero-order valence-corrected chi connectivity index (χ0v) is 7.46. The number of carbonyl (C=O) groups excluding carboxylic acids is 1. The molecule has 0 aliphatic rings. The number of carbonyl (C=O) groups is 1. The molecular weight excluding hydrogens is 210 g/mol. The fraction of sp³-hybridized carbons (Fsp3) is 0.143. The van der Waals surface area contributed by atoms with Crippen LogP contribution in [-0.4, -0.2) is 11.0 Å². The maximum Gasteiger partial charge on any atom is 0.308 e. The van der Waals surface area contributed by atoms with E-state index in [1.807, 2.05) is 0 Å². The van der Waals surface area contributed by atoms with E-state index in [4.69, 9.17) is 4.74 Å². The van der Waals surface area contributed by atoms with E-state index in [1.165, 1.54) is 6.92 Å². The Morgan fingerprint density at radius 2 is 2.45 bits per heavy atom. The first kappa shape index (κ1) is 8.20. The second kappa shape index (κ2) is 3.48. The Morgan fingerprint density at radius 3 is 3.00 bits per heavy atom. The molecule has 0 fully saturated rings. The third-order valence-corrected chi connectivity index (χ3v) is 1.39. The van der Waals surface area contributed by atoms with Gasteiger partial charge < -0.3 is 4.74 Å². The van der Waals surface area contributed by atoms with Crippen LogP contribution in [0, 0.1) is 0 Å². The molecule has 1 aromatic heterocycles. The third-order valence-electron chi connectivity index (χ3n) is 0.960. The maximum atomic E-state index is 10.5. The van der Waals surface area contributed by atoms with Gasteiger partial charge in [0.15, 0.2) is 0 Å². The lowest BCUT2D eigenvalue weighted by Crippen LogP contribution is -2.01. The quantitative estimate of drug-likeness (QED) is 0.530. The fourth-order valence-corrected chi connectivity index (χ4v) is 0.958. The average molecular weight is 216 g/mol. The van der Waals surface area contributed by atoms with E-state index >= 15 is 0 Å². The number of halogens is 1. The third kappa shape index (κ3) is 2.67. The molecule has 0 N–H and O–H groups in total. The van der Waals surface area contributed by atoms with Crippen LogP contribution < -0.4 is 4.74 Å². The molecule has 1 heterocycles. The van der Waals surface area contributed by atoms with Crippen molar-refractivity contribution in [3.63, 3.8) is 0 Å². The van der Waals surface area contributed by atoms with E-state index in [1.54, 1.807) is 18.3 Å². The minimum atomic E-state index is -0.330. The zero-order chi connectivity index (χ0) is 8.27. The predicted molar refractivity (Wildman–Crippen MR) is 43.2 cm³/mol. The Balaban J connectivity index is 2.79. The molecule has 0 aliphatic heterocycles. The van der Waals surface area contributed by atoms with Gasteiger partial charge in [0.2, 0.25) is 0 Å².